The second-order valence-corrected chi connectivity index (χ2v) is 7.80. The normalized spacial score (nSPS) is 27.9. The highest BCUT2D eigenvalue weighted by Crippen LogP contribution is 2.38. The lowest BCUT2D eigenvalue weighted by molar-refractivity contribution is -0.0735. The highest BCUT2D eigenvalue weighted by Gasteiger charge is 2.40. The van der Waals surface area contributed by atoms with Crippen molar-refractivity contribution in [2.24, 2.45) is 5.92 Å². The Hall–Kier alpha value is -1.86. The standard InChI is InChI=1S/C19H26FN5O/c1-14-12-24(11-10-19(14,26)15-6-8-16(20)9-7-15)13-18-21-22-23-25(18)17-4-2-3-5-17/h6-9,14,17,26H,2-5,10-13H2,1H3. The van der Waals surface area contributed by atoms with Crippen LogP contribution in [-0.2, 0) is 12.1 Å². The molecule has 1 aliphatic carbocycles. The number of tetrazole rings is 1. The number of likely N-dealkylation sites (tertiary alicyclic amines) is 1. The summed E-state index contributed by atoms with van der Waals surface area (Å²) in [5.41, 5.74) is -0.122. The molecule has 7 heteroatoms. The van der Waals surface area contributed by atoms with E-state index >= 15 is 0 Å². The van der Waals surface area contributed by atoms with Crippen LogP contribution in [0.1, 0.15) is 56.5 Å². The van der Waals surface area contributed by atoms with Crippen molar-refractivity contribution in [2.45, 2.75) is 57.2 Å². The van der Waals surface area contributed by atoms with Crippen LogP contribution in [0.25, 0.3) is 0 Å². The molecule has 0 amide bonds. The maximum Gasteiger partial charge on any atom is 0.165 e. The molecule has 2 heterocycles. The summed E-state index contributed by atoms with van der Waals surface area (Å²) in [7, 11) is 0. The largest absolute Gasteiger partial charge is 0.385 e. The third kappa shape index (κ3) is 3.25. The number of benzene rings is 1. The van der Waals surface area contributed by atoms with Gasteiger partial charge >= 0.3 is 0 Å². The van der Waals surface area contributed by atoms with Crippen molar-refractivity contribution >= 4 is 0 Å². The molecule has 2 aliphatic rings. The number of hydrogen-bond acceptors (Lipinski definition) is 5. The van der Waals surface area contributed by atoms with E-state index in [9.17, 15) is 9.50 Å². The summed E-state index contributed by atoms with van der Waals surface area (Å²) in [4.78, 5) is 2.31. The van der Waals surface area contributed by atoms with E-state index in [0.29, 0.717) is 19.0 Å². The highest BCUT2D eigenvalue weighted by molar-refractivity contribution is 5.24. The summed E-state index contributed by atoms with van der Waals surface area (Å²) in [6.07, 6.45) is 5.41. The average molecular weight is 359 g/mol. The Labute approximate surface area is 153 Å². The number of aromatic nitrogens is 4. The molecule has 2 fully saturated rings. The smallest absolute Gasteiger partial charge is 0.165 e. The van der Waals surface area contributed by atoms with Crippen molar-refractivity contribution in [3.63, 3.8) is 0 Å². The Kier molecular flexibility index (Phi) is 4.75. The number of hydrogen-bond donors (Lipinski definition) is 1. The number of halogens is 1. The molecule has 2 unspecified atom stereocenters. The molecule has 1 aliphatic heterocycles. The number of aliphatic hydroxyl groups is 1. The molecular weight excluding hydrogens is 333 g/mol. The van der Waals surface area contributed by atoms with E-state index in [1.807, 2.05) is 4.68 Å². The van der Waals surface area contributed by atoms with E-state index in [1.54, 1.807) is 12.1 Å². The van der Waals surface area contributed by atoms with Crippen molar-refractivity contribution in [1.29, 1.82) is 0 Å². The molecule has 2 atom stereocenters. The first kappa shape index (κ1) is 17.5. The van der Waals surface area contributed by atoms with E-state index in [2.05, 4.69) is 27.3 Å². The molecule has 1 N–H and O–H groups in total. The van der Waals surface area contributed by atoms with Gasteiger partial charge in [-0.1, -0.05) is 31.9 Å². The van der Waals surface area contributed by atoms with E-state index in [-0.39, 0.29) is 11.7 Å². The fourth-order valence-electron chi connectivity index (χ4n) is 4.46. The van der Waals surface area contributed by atoms with Gasteiger partial charge in [-0.15, -0.1) is 5.10 Å². The zero-order valence-electron chi connectivity index (χ0n) is 15.2. The fraction of sp³-hybridized carbons (Fsp3) is 0.632. The minimum absolute atomic E-state index is 0.0394. The maximum atomic E-state index is 13.2. The summed E-state index contributed by atoms with van der Waals surface area (Å²) >= 11 is 0. The molecule has 1 aromatic carbocycles. The van der Waals surface area contributed by atoms with Crippen molar-refractivity contribution in [1.82, 2.24) is 25.1 Å². The van der Waals surface area contributed by atoms with Crippen molar-refractivity contribution in [3.05, 3.63) is 41.5 Å². The lowest BCUT2D eigenvalue weighted by Gasteiger charge is -2.43. The number of piperidine rings is 1. The van der Waals surface area contributed by atoms with Crippen LogP contribution >= 0.6 is 0 Å². The molecule has 6 nitrogen and oxygen atoms in total. The molecular formula is C19H26FN5O. The van der Waals surface area contributed by atoms with Crippen LogP contribution < -0.4 is 0 Å². The third-order valence-electron chi connectivity index (χ3n) is 6.10. The van der Waals surface area contributed by atoms with Crippen molar-refractivity contribution < 1.29 is 9.50 Å². The first-order valence-electron chi connectivity index (χ1n) is 9.54. The monoisotopic (exact) mass is 359 g/mol. The Morgan fingerprint density at radius 3 is 2.65 bits per heavy atom. The first-order chi connectivity index (χ1) is 12.6. The molecule has 2 aromatic rings. The van der Waals surface area contributed by atoms with Gasteiger partial charge in [0, 0.05) is 19.0 Å². The lowest BCUT2D eigenvalue weighted by atomic mass is 9.77. The van der Waals surface area contributed by atoms with Gasteiger partial charge in [0.2, 0.25) is 0 Å². The van der Waals surface area contributed by atoms with Crippen molar-refractivity contribution in [3.8, 4) is 0 Å². The van der Waals surface area contributed by atoms with Gasteiger partial charge in [0.25, 0.3) is 0 Å². The zero-order chi connectivity index (χ0) is 18.1. The minimum atomic E-state index is -0.915. The molecule has 4 rings (SSSR count). The van der Waals surface area contributed by atoms with Crippen LogP contribution in [0.2, 0.25) is 0 Å². The molecule has 0 bridgehead atoms. The van der Waals surface area contributed by atoms with E-state index in [1.165, 1.54) is 25.0 Å². The molecule has 1 saturated heterocycles. The van der Waals surface area contributed by atoms with Gasteiger partial charge in [-0.25, -0.2) is 9.07 Å². The number of nitrogens with zero attached hydrogens (tertiary/aromatic N) is 5. The molecule has 1 saturated carbocycles. The van der Waals surface area contributed by atoms with Crippen LogP contribution in [0.4, 0.5) is 4.39 Å². The third-order valence-corrected chi connectivity index (χ3v) is 6.10. The van der Waals surface area contributed by atoms with Crippen LogP contribution in [0.5, 0.6) is 0 Å². The molecule has 0 spiro atoms. The SMILES string of the molecule is CC1CN(Cc2nnnn2C2CCCC2)CCC1(O)c1ccc(F)cc1. The highest BCUT2D eigenvalue weighted by atomic mass is 19.1. The summed E-state index contributed by atoms with van der Waals surface area (Å²) < 4.78 is 15.2. The summed E-state index contributed by atoms with van der Waals surface area (Å²) in [5.74, 6) is 0.676. The predicted molar refractivity (Wildman–Crippen MR) is 94.7 cm³/mol. The van der Waals surface area contributed by atoms with Crippen LogP contribution in [-0.4, -0.2) is 43.3 Å². The van der Waals surface area contributed by atoms with Gasteiger partial charge in [0.15, 0.2) is 5.82 Å². The van der Waals surface area contributed by atoms with Crippen molar-refractivity contribution in [2.75, 3.05) is 13.1 Å². The van der Waals surface area contributed by atoms with Gasteiger partial charge < -0.3 is 5.11 Å². The summed E-state index contributed by atoms with van der Waals surface area (Å²) in [6, 6.07) is 6.66. The topological polar surface area (TPSA) is 67.1 Å². The fourth-order valence-corrected chi connectivity index (χ4v) is 4.46. The second kappa shape index (κ2) is 7.04. The first-order valence-corrected chi connectivity index (χ1v) is 9.54. The molecule has 1 aromatic heterocycles. The lowest BCUT2D eigenvalue weighted by Crippen LogP contribution is -2.48. The molecule has 0 radical (unpaired) electrons. The Bertz CT molecular complexity index is 743. The summed E-state index contributed by atoms with van der Waals surface area (Å²) in [5, 5.41) is 23.5. The van der Waals surface area contributed by atoms with Gasteiger partial charge in [-0.2, -0.15) is 0 Å². The van der Waals surface area contributed by atoms with Gasteiger partial charge in [0.05, 0.1) is 18.2 Å². The van der Waals surface area contributed by atoms with Crippen LogP contribution in [0.15, 0.2) is 24.3 Å². The quantitative estimate of drug-likeness (QED) is 0.909. The van der Waals surface area contributed by atoms with Gasteiger partial charge in [-0.3, -0.25) is 4.90 Å². The minimum Gasteiger partial charge on any atom is -0.385 e. The van der Waals surface area contributed by atoms with Crippen LogP contribution in [0.3, 0.4) is 0 Å². The second-order valence-electron chi connectivity index (χ2n) is 7.80. The zero-order valence-corrected chi connectivity index (χ0v) is 15.2. The van der Waals surface area contributed by atoms with E-state index in [0.717, 1.165) is 37.3 Å². The van der Waals surface area contributed by atoms with E-state index < -0.39 is 5.60 Å². The van der Waals surface area contributed by atoms with Crippen LogP contribution in [0, 0.1) is 11.7 Å². The predicted octanol–water partition coefficient (Wildman–Crippen LogP) is 2.66. The number of rotatable bonds is 4. The van der Waals surface area contributed by atoms with Gasteiger partial charge in [-0.05, 0) is 47.4 Å². The van der Waals surface area contributed by atoms with Gasteiger partial charge in [0.1, 0.15) is 5.82 Å². The average Bonchev–Trinajstić information content (AvgIpc) is 3.30. The molecule has 26 heavy (non-hydrogen) atoms. The summed E-state index contributed by atoms with van der Waals surface area (Å²) in [6.45, 7) is 4.27. The maximum absolute atomic E-state index is 13.2. The Morgan fingerprint density at radius 2 is 1.96 bits per heavy atom. The Balaban J connectivity index is 1.44. The molecule has 140 valence electrons. The Morgan fingerprint density at radius 1 is 1.23 bits per heavy atom. The van der Waals surface area contributed by atoms with E-state index in [4.69, 9.17) is 0 Å².